The quantitative estimate of drug-likeness (QED) is 0.233. The summed E-state index contributed by atoms with van der Waals surface area (Å²) in [5, 5.41) is 5.17. The first-order valence-corrected chi connectivity index (χ1v) is 13.5. The normalized spacial score (nSPS) is 13.8. The molecule has 0 amide bonds. The van der Waals surface area contributed by atoms with Crippen LogP contribution in [0.4, 0.5) is 0 Å². The summed E-state index contributed by atoms with van der Waals surface area (Å²) in [4.78, 5) is 0. The van der Waals surface area contributed by atoms with Gasteiger partial charge < -0.3 is 0 Å². The smallest absolute Gasteiger partial charge is 0.0159 e. The maximum atomic E-state index is 2.48. The lowest BCUT2D eigenvalue weighted by atomic mass is 9.80. The van der Waals surface area contributed by atoms with Crippen LogP contribution in [0.1, 0.15) is 37.5 Å². The molecule has 1 aliphatic carbocycles. The second-order valence-electron chi connectivity index (χ2n) is 11.0. The Morgan fingerprint density at radius 1 is 0.500 bits per heavy atom. The van der Waals surface area contributed by atoms with Crippen LogP contribution in [0.15, 0.2) is 121 Å². The van der Waals surface area contributed by atoms with E-state index in [1.165, 1.54) is 71.6 Å². The fourth-order valence-electron chi connectivity index (χ4n) is 6.37. The van der Waals surface area contributed by atoms with Crippen molar-refractivity contribution in [1.82, 2.24) is 0 Å². The maximum Gasteiger partial charge on any atom is 0.0159 e. The van der Waals surface area contributed by atoms with Gasteiger partial charge in [0, 0.05) is 5.41 Å². The Labute approximate surface area is 224 Å². The van der Waals surface area contributed by atoms with Gasteiger partial charge in [-0.2, -0.15) is 0 Å². The molecule has 6 aromatic carbocycles. The fraction of sp³-hybridized carbons (Fsp3) is 0.105. The van der Waals surface area contributed by atoms with Crippen molar-refractivity contribution in [2.75, 3.05) is 0 Å². The van der Waals surface area contributed by atoms with Crippen LogP contribution in [0.2, 0.25) is 0 Å². The molecule has 7 rings (SSSR count). The highest BCUT2D eigenvalue weighted by Crippen LogP contribution is 2.51. The summed E-state index contributed by atoms with van der Waals surface area (Å²) in [5.41, 5.74) is 11.8. The minimum atomic E-state index is -0.0356. The predicted octanol–water partition coefficient (Wildman–Crippen LogP) is 10.7. The lowest BCUT2D eigenvalue weighted by Crippen LogP contribution is -2.14. The average molecular weight is 487 g/mol. The molecule has 0 bridgehead atoms. The number of hydrogen-bond donors (Lipinski definition) is 0. The van der Waals surface area contributed by atoms with E-state index in [1.807, 2.05) is 0 Å². The monoisotopic (exact) mass is 486 g/mol. The van der Waals surface area contributed by atoms with Crippen molar-refractivity contribution >= 4 is 27.6 Å². The van der Waals surface area contributed by atoms with Crippen LogP contribution in [-0.4, -0.2) is 0 Å². The van der Waals surface area contributed by atoms with E-state index in [9.17, 15) is 0 Å². The third-order valence-corrected chi connectivity index (χ3v) is 8.36. The Balaban J connectivity index is 1.53. The summed E-state index contributed by atoms with van der Waals surface area (Å²) < 4.78 is 0. The molecule has 0 aliphatic heterocycles. The van der Waals surface area contributed by atoms with Gasteiger partial charge in [-0.15, -0.1) is 0 Å². The molecule has 0 N–H and O–H groups in total. The van der Waals surface area contributed by atoms with Gasteiger partial charge in [0.1, 0.15) is 0 Å². The van der Waals surface area contributed by atoms with E-state index >= 15 is 0 Å². The molecular weight excluding hydrogens is 456 g/mol. The Morgan fingerprint density at radius 2 is 1.16 bits per heavy atom. The SMILES string of the molecule is C/C=C/c1ccc(-c2ccc(-c3ccc4ccccc4c3)c3cc4c(cc23)C(C)(C)c2ccccc2-4)cc1. The topological polar surface area (TPSA) is 0 Å². The van der Waals surface area contributed by atoms with Gasteiger partial charge in [-0.25, -0.2) is 0 Å². The van der Waals surface area contributed by atoms with Gasteiger partial charge in [0.05, 0.1) is 0 Å². The van der Waals surface area contributed by atoms with Crippen LogP contribution in [-0.2, 0) is 5.41 Å². The first-order valence-electron chi connectivity index (χ1n) is 13.5. The van der Waals surface area contributed by atoms with E-state index < -0.39 is 0 Å². The Hall–Kier alpha value is -4.42. The first-order chi connectivity index (χ1) is 18.5. The van der Waals surface area contributed by atoms with Crippen LogP contribution in [0, 0.1) is 0 Å². The van der Waals surface area contributed by atoms with Crippen molar-refractivity contribution in [2.24, 2.45) is 0 Å². The predicted molar refractivity (Wildman–Crippen MR) is 165 cm³/mol. The molecule has 38 heavy (non-hydrogen) atoms. The molecule has 0 heterocycles. The summed E-state index contributed by atoms with van der Waals surface area (Å²) in [6.45, 7) is 6.79. The van der Waals surface area contributed by atoms with Gasteiger partial charge >= 0.3 is 0 Å². The zero-order valence-electron chi connectivity index (χ0n) is 22.1. The molecule has 0 nitrogen and oxygen atoms in total. The summed E-state index contributed by atoms with van der Waals surface area (Å²) >= 11 is 0. The zero-order valence-corrected chi connectivity index (χ0v) is 22.1. The summed E-state index contributed by atoms with van der Waals surface area (Å²) in [7, 11) is 0. The molecule has 1 aliphatic rings. The highest BCUT2D eigenvalue weighted by atomic mass is 14.4. The molecule has 0 saturated carbocycles. The van der Waals surface area contributed by atoms with Gasteiger partial charge in [-0.3, -0.25) is 0 Å². The maximum absolute atomic E-state index is 2.48. The van der Waals surface area contributed by atoms with Crippen molar-refractivity contribution in [3.8, 4) is 33.4 Å². The second-order valence-corrected chi connectivity index (χ2v) is 11.0. The number of benzene rings is 6. The molecule has 0 spiro atoms. The minimum Gasteiger partial charge on any atom is -0.0871 e. The van der Waals surface area contributed by atoms with E-state index in [2.05, 4.69) is 148 Å². The summed E-state index contributed by atoms with van der Waals surface area (Å²) in [5.74, 6) is 0. The number of rotatable bonds is 3. The summed E-state index contributed by atoms with van der Waals surface area (Å²) in [6, 6.07) is 42.9. The van der Waals surface area contributed by atoms with Crippen LogP contribution < -0.4 is 0 Å². The third kappa shape index (κ3) is 3.45. The largest absolute Gasteiger partial charge is 0.0871 e. The minimum absolute atomic E-state index is 0.0356. The van der Waals surface area contributed by atoms with Crippen molar-refractivity contribution in [3.05, 3.63) is 138 Å². The first kappa shape index (κ1) is 22.8. The highest BCUT2D eigenvalue weighted by Gasteiger charge is 2.35. The van der Waals surface area contributed by atoms with E-state index in [0.29, 0.717) is 0 Å². The molecule has 182 valence electrons. The number of fused-ring (bicyclic) bond motifs is 5. The van der Waals surface area contributed by atoms with Gasteiger partial charge in [-0.05, 0) is 96.7 Å². The van der Waals surface area contributed by atoms with Crippen LogP contribution in [0.3, 0.4) is 0 Å². The molecule has 6 aromatic rings. The Morgan fingerprint density at radius 3 is 1.95 bits per heavy atom. The molecule has 0 fully saturated rings. The molecule has 0 heteroatoms. The average Bonchev–Trinajstić information content (AvgIpc) is 3.18. The molecule has 0 saturated heterocycles. The van der Waals surface area contributed by atoms with Gasteiger partial charge in [-0.1, -0.05) is 123 Å². The molecule has 0 unspecified atom stereocenters. The molecular formula is C38H30. The van der Waals surface area contributed by atoms with E-state index in [4.69, 9.17) is 0 Å². The number of allylic oxidation sites excluding steroid dienone is 1. The summed E-state index contributed by atoms with van der Waals surface area (Å²) in [6.07, 6.45) is 4.24. The second kappa shape index (κ2) is 8.57. The highest BCUT2D eigenvalue weighted by molar-refractivity contribution is 6.09. The third-order valence-electron chi connectivity index (χ3n) is 8.36. The van der Waals surface area contributed by atoms with Crippen molar-refractivity contribution in [3.63, 3.8) is 0 Å². The van der Waals surface area contributed by atoms with E-state index in [1.54, 1.807) is 0 Å². The van der Waals surface area contributed by atoms with E-state index in [0.717, 1.165) is 0 Å². The van der Waals surface area contributed by atoms with Gasteiger partial charge in [0.25, 0.3) is 0 Å². The molecule has 0 atom stereocenters. The lowest BCUT2D eigenvalue weighted by Gasteiger charge is -2.22. The number of hydrogen-bond acceptors (Lipinski definition) is 0. The van der Waals surface area contributed by atoms with Crippen LogP contribution in [0.25, 0.3) is 61.0 Å². The van der Waals surface area contributed by atoms with Gasteiger partial charge in [0.2, 0.25) is 0 Å². The standard InChI is InChI=1S/C38H30/c1-4-9-25-14-16-27(17-15-25)30-20-21-31(29-19-18-26-10-5-6-11-28(26)22-29)33-23-35-32-12-7-8-13-36(32)38(2,3)37(35)24-34(30)33/h4-24H,1-3H3/b9-4+. The fourth-order valence-corrected chi connectivity index (χ4v) is 6.37. The molecule has 0 aromatic heterocycles. The Bertz CT molecular complexity index is 1880. The van der Waals surface area contributed by atoms with E-state index in [-0.39, 0.29) is 5.41 Å². The lowest BCUT2D eigenvalue weighted by molar-refractivity contribution is 0.661. The molecule has 0 radical (unpaired) electrons. The Kier molecular flexibility index (Phi) is 5.13. The van der Waals surface area contributed by atoms with Crippen molar-refractivity contribution in [2.45, 2.75) is 26.2 Å². The zero-order chi connectivity index (χ0) is 25.9. The van der Waals surface area contributed by atoms with Gasteiger partial charge in [0.15, 0.2) is 0 Å². The van der Waals surface area contributed by atoms with Crippen LogP contribution in [0.5, 0.6) is 0 Å². The van der Waals surface area contributed by atoms with Crippen molar-refractivity contribution < 1.29 is 0 Å². The van der Waals surface area contributed by atoms with Crippen molar-refractivity contribution in [1.29, 1.82) is 0 Å². The van der Waals surface area contributed by atoms with Crippen LogP contribution >= 0.6 is 0 Å².